The van der Waals surface area contributed by atoms with Gasteiger partial charge in [-0.2, -0.15) is 0 Å². The molecule has 0 rings (SSSR count). The summed E-state index contributed by atoms with van der Waals surface area (Å²) in [6, 6.07) is -0.0154. The van der Waals surface area contributed by atoms with E-state index in [2.05, 4.69) is 10.6 Å². The zero-order valence-electron chi connectivity index (χ0n) is 9.78. The number of carboxylic acids is 1. The molecule has 1 unspecified atom stereocenters. The molecule has 3 N–H and O–H groups in total. The normalized spacial score (nSPS) is 12.1. The van der Waals surface area contributed by atoms with Crippen molar-refractivity contribution in [2.75, 3.05) is 26.8 Å². The Bertz CT molecular complexity index is 221. The predicted octanol–water partition coefficient (Wildman–Crippen LogP) is -0.408. The third-order valence-electron chi connectivity index (χ3n) is 1.85. The van der Waals surface area contributed by atoms with Crippen LogP contribution in [-0.2, 0) is 14.3 Å². The molecule has 0 aromatic rings. The Balaban J connectivity index is 3.40. The fraction of sp³-hybridized carbons (Fsp3) is 0.800. The Morgan fingerprint density at radius 1 is 1.44 bits per heavy atom. The first-order chi connectivity index (χ1) is 7.56. The van der Waals surface area contributed by atoms with E-state index in [4.69, 9.17) is 9.84 Å². The summed E-state index contributed by atoms with van der Waals surface area (Å²) >= 11 is 0. The first kappa shape index (κ1) is 14.9. The smallest absolute Gasteiger partial charge is 0.303 e. The van der Waals surface area contributed by atoms with Crippen molar-refractivity contribution in [2.24, 2.45) is 0 Å². The van der Waals surface area contributed by atoms with Crippen molar-refractivity contribution in [2.45, 2.75) is 25.8 Å². The highest BCUT2D eigenvalue weighted by atomic mass is 16.5. The maximum Gasteiger partial charge on any atom is 0.303 e. The second kappa shape index (κ2) is 9.11. The molecule has 0 spiro atoms. The molecule has 0 saturated carbocycles. The van der Waals surface area contributed by atoms with Crippen LogP contribution >= 0.6 is 0 Å². The molecule has 1 amide bonds. The van der Waals surface area contributed by atoms with E-state index in [1.807, 2.05) is 6.92 Å². The fourth-order valence-corrected chi connectivity index (χ4v) is 1.18. The molecule has 16 heavy (non-hydrogen) atoms. The Hall–Kier alpha value is -1.14. The lowest BCUT2D eigenvalue weighted by atomic mass is 10.3. The summed E-state index contributed by atoms with van der Waals surface area (Å²) in [5, 5.41) is 14.0. The lowest BCUT2D eigenvalue weighted by molar-refractivity contribution is -0.137. The average molecular weight is 232 g/mol. The minimum absolute atomic E-state index is 0.0154. The Morgan fingerprint density at radius 2 is 2.12 bits per heavy atom. The molecule has 0 aromatic carbocycles. The van der Waals surface area contributed by atoms with E-state index in [9.17, 15) is 9.59 Å². The van der Waals surface area contributed by atoms with Gasteiger partial charge in [-0.15, -0.1) is 0 Å². The summed E-state index contributed by atoms with van der Waals surface area (Å²) < 4.78 is 4.87. The Morgan fingerprint density at radius 3 is 2.69 bits per heavy atom. The van der Waals surface area contributed by atoms with Gasteiger partial charge in [-0.05, 0) is 19.9 Å². The van der Waals surface area contributed by atoms with Crippen LogP contribution in [0.3, 0.4) is 0 Å². The number of hydrogen-bond donors (Lipinski definition) is 3. The first-order valence-electron chi connectivity index (χ1n) is 5.27. The number of ether oxygens (including phenoxy) is 1. The maximum atomic E-state index is 11.3. The molecule has 94 valence electrons. The van der Waals surface area contributed by atoms with Gasteiger partial charge < -0.3 is 20.5 Å². The number of carbonyl (C=O) groups is 2. The van der Waals surface area contributed by atoms with Crippen LogP contribution in [-0.4, -0.2) is 49.8 Å². The molecule has 0 radical (unpaired) electrons. The zero-order chi connectivity index (χ0) is 12.4. The van der Waals surface area contributed by atoms with E-state index in [0.29, 0.717) is 19.6 Å². The van der Waals surface area contributed by atoms with Crippen LogP contribution < -0.4 is 10.6 Å². The second-order valence-corrected chi connectivity index (χ2v) is 3.60. The molecule has 0 saturated heterocycles. The number of carbonyl (C=O) groups excluding carboxylic acids is 1. The van der Waals surface area contributed by atoms with Gasteiger partial charge in [-0.3, -0.25) is 9.59 Å². The summed E-state index contributed by atoms with van der Waals surface area (Å²) in [6.07, 6.45) is 0.644. The highest BCUT2D eigenvalue weighted by Crippen LogP contribution is 1.86. The third-order valence-corrected chi connectivity index (χ3v) is 1.85. The summed E-state index contributed by atoms with van der Waals surface area (Å²) in [5.41, 5.74) is 0. The number of aliphatic carboxylic acids is 1. The minimum Gasteiger partial charge on any atom is -0.481 e. The third kappa shape index (κ3) is 9.42. The summed E-state index contributed by atoms with van der Waals surface area (Å²) in [6.45, 7) is 3.06. The first-order valence-corrected chi connectivity index (χ1v) is 5.27. The largest absolute Gasteiger partial charge is 0.481 e. The van der Waals surface area contributed by atoms with E-state index in [1.165, 1.54) is 0 Å². The monoisotopic (exact) mass is 232 g/mol. The van der Waals surface area contributed by atoms with Crippen LogP contribution in [0, 0.1) is 0 Å². The van der Waals surface area contributed by atoms with Gasteiger partial charge >= 0.3 is 5.97 Å². The molecule has 6 heteroatoms. The van der Waals surface area contributed by atoms with Crippen molar-refractivity contribution in [1.29, 1.82) is 0 Å². The standard InChI is InChI=1S/C10H20N2O4/c1-8(7-16-2)12-9(13)6-11-5-3-4-10(14)15/h8,11H,3-7H2,1-2H3,(H,12,13)(H,14,15). The minimum atomic E-state index is -0.819. The van der Waals surface area contributed by atoms with E-state index in [1.54, 1.807) is 7.11 Å². The lowest BCUT2D eigenvalue weighted by Crippen LogP contribution is -2.41. The van der Waals surface area contributed by atoms with Crippen molar-refractivity contribution < 1.29 is 19.4 Å². The molecular formula is C10H20N2O4. The fourth-order valence-electron chi connectivity index (χ4n) is 1.18. The van der Waals surface area contributed by atoms with E-state index in [-0.39, 0.29) is 24.9 Å². The number of rotatable bonds is 9. The number of hydrogen-bond acceptors (Lipinski definition) is 4. The van der Waals surface area contributed by atoms with Gasteiger partial charge in [0.2, 0.25) is 5.91 Å². The second-order valence-electron chi connectivity index (χ2n) is 3.60. The van der Waals surface area contributed by atoms with Crippen LogP contribution in [0.5, 0.6) is 0 Å². The van der Waals surface area contributed by atoms with E-state index >= 15 is 0 Å². The SMILES string of the molecule is COCC(C)NC(=O)CNCCCC(=O)O. The van der Waals surface area contributed by atoms with Gasteiger partial charge in [0.1, 0.15) is 0 Å². The molecule has 0 aliphatic rings. The van der Waals surface area contributed by atoms with Crippen LogP contribution in [0.2, 0.25) is 0 Å². The lowest BCUT2D eigenvalue weighted by Gasteiger charge is -2.12. The van der Waals surface area contributed by atoms with Crippen molar-refractivity contribution in [3.63, 3.8) is 0 Å². The van der Waals surface area contributed by atoms with Crippen LogP contribution in [0.4, 0.5) is 0 Å². The van der Waals surface area contributed by atoms with Gasteiger partial charge in [0, 0.05) is 19.6 Å². The number of nitrogens with one attached hydrogen (secondary N) is 2. The molecule has 0 aromatic heterocycles. The molecule has 0 heterocycles. The predicted molar refractivity (Wildman–Crippen MR) is 59.2 cm³/mol. The van der Waals surface area contributed by atoms with Crippen LogP contribution in [0.15, 0.2) is 0 Å². The number of methoxy groups -OCH3 is 1. The molecule has 1 atom stereocenters. The van der Waals surface area contributed by atoms with Crippen molar-refractivity contribution in [3.8, 4) is 0 Å². The Labute approximate surface area is 95.4 Å². The highest BCUT2D eigenvalue weighted by molar-refractivity contribution is 5.78. The summed E-state index contributed by atoms with van der Waals surface area (Å²) in [5.74, 6) is -0.931. The topological polar surface area (TPSA) is 87.7 Å². The molecule has 0 bridgehead atoms. The summed E-state index contributed by atoms with van der Waals surface area (Å²) in [7, 11) is 1.58. The molecular weight excluding hydrogens is 212 g/mol. The molecule has 6 nitrogen and oxygen atoms in total. The number of carboxylic acid groups (broad SMARTS) is 1. The number of amides is 1. The van der Waals surface area contributed by atoms with E-state index < -0.39 is 5.97 Å². The van der Waals surface area contributed by atoms with Crippen LogP contribution in [0.25, 0.3) is 0 Å². The molecule has 0 aliphatic heterocycles. The van der Waals surface area contributed by atoms with Crippen molar-refractivity contribution in [1.82, 2.24) is 10.6 Å². The van der Waals surface area contributed by atoms with Gasteiger partial charge in [0.15, 0.2) is 0 Å². The Kier molecular flexibility index (Phi) is 8.46. The zero-order valence-corrected chi connectivity index (χ0v) is 9.78. The molecule has 0 aliphatic carbocycles. The van der Waals surface area contributed by atoms with E-state index in [0.717, 1.165) is 0 Å². The average Bonchev–Trinajstić information content (AvgIpc) is 2.16. The highest BCUT2D eigenvalue weighted by Gasteiger charge is 2.05. The van der Waals surface area contributed by atoms with Crippen molar-refractivity contribution >= 4 is 11.9 Å². The van der Waals surface area contributed by atoms with Gasteiger partial charge in [0.25, 0.3) is 0 Å². The van der Waals surface area contributed by atoms with Gasteiger partial charge in [-0.25, -0.2) is 0 Å². The van der Waals surface area contributed by atoms with Gasteiger partial charge in [-0.1, -0.05) is 0 Å². The quantitative estimate of drug-likeness (QED) is 0.470. The maximum absolute atomic E-state index is 11.3. The van der Waals surface area contributed by atoms with Crippen LogP contribution in [0.1, 0.15) is 19.8 Å². The summed E-state index contributed by atoms with van der Waals surface area (Å²) in [4.78, 5) is 21.5. The molecule has 0 fully saturated rings. The van der Waals surface area contributed by atoms with Gasteiger partial charge in [0.05, 0.1) is 13.2 Å². The van der Waals surface area contributed by atoms with Crippen molar-refractivity contribution in [3.05, 3.63) is 0 Å².